The van der Waals surface area contributed by atoms with E-state index in [1.54, 1.807) is 13.2 Å². The van der Waals surface area contributed by atoms with Gasteiger partial charge in [-0.1, -0.05) is 0 Å². The van der Waals surface area contributed by atoms with Gasteiger partial charge in [0.15, 0.2) is 0 Å². The molecule has 0 bridgehead atoms. The van der Waals surface area contributed by atoms with Gasteiger partial charge < -0.3 is 0 Å². The normalized spacial score (nSPS) is 16.0. The molecule has 1 rings (SSSR count). The first-order chi connectivity index (χ1) is 2.50. The van der Waals surface area contributed by atoms with Crippen LogP contribution in [0.2, 0.25) is 0 Å². The second-order valence-corrected chi connectivity index (χ2v) is 1.19. The summed E-state index contributed by atoms with van der Waals surface area (Å²) in [5, 5.41) is 0. The summed E-state index contributed by atoms with van der Waals surface area (Å²) >= 11 is 1.21. The molecule has 0 atom stereocenters. The molecule has 1 aliphatic heterocycles. The van der Waals surface area contributed by atoms with Crippen LogP contribution in [0.5, 0.6) is 0 Å². The van der Waals surface area contributed by atoms with Crippen LogP contribution in [0.15, 0.2) is 0 Å². The van der Waals surface area contributed by atoms with E-state index in [1.807, 2.05) is 0 Å². The monoisotopic (exact) mass is 87.0 g/mol. The Hall–Kier alpha value is -0.115. The third-order valence-corrected chi connectivity index (χ3v) is 0.728. The molecule has 1 aliphatic rings. The summed E-state index contributed by atoms with van der Waals surface area (Å²) in [7, 11) is 1.73. The quantitative estimate of drug-likeness (QED) is 0.245. The Kier molecular flexibility index (Phi) is 0.837. The molecule has 0 unspecified atom stereocenters. The molecule has 2 nitrogen and oxygen atoms in total. The van der Waals surface area contributed by atoms with Crippen LogP contribution in [0.4, 0.5) is 0 Å². The van der Waals surface area contributed by atoms with Gasteiger partial charge in [-0.05, 0) is 0 Å². The zero-order valence-electron chi connectivity index (χ0n) is 2.47. The van der Waals surface area contributed by atoms with Gasteiger partial charge in [0.25, 0.3) is 0 Å². The molecule has 0 aromatic carbocycles. The number of hydrogen-bond acceptors (Lipinski definition) is 3. The van der Waals surface area contributed by atoms with Crippen molar-refractivity contribution in [3.63, 3.8) is 0 Å². The van der Waals surface area contributed by atoms with Crippen molar-refractivity contribution in [3.05, 3.63) is 0 Å². The van der Waals surface area contributed by atoms with E-state index in [0.717, 1.165) is 0 Å². The van der Waals surface area contributed by atoms with Crippen molar-refractivity contribution in [2.24, 2.45) is 0 Å². The molecule has 0 aromatic heterocycles. The molecule has 26 valence electrons. The van der Waals surface area contributed by atoms with Gasteiger partial charge in [0, 0.05) is 0 Å². The molecule has 0 spiro atoms. The average molecular weight is 86.9 g/mol. The molecule has 1 N–H and O–H groups in total. The Balaban J connectivity index is 2.32. The molecule has 0 radical (unpaired) electrons. The van der Waals surface area contributed by atoms with Crippen molar-refractivity contribution in [2.45, 2.75) is 0 Å². The van der Waals surface area contributed by atoms with Gasteiger partial charge in [0.05, 0.1) is 0 Å². The van der Waals surface area contributed by atoms with Crippen LogP contribution in [0, 0.1) is 0 Å². The fourth-order valence-corrected chi connectivity index (χ4v) is 0.417. The maximum atomic E-state index is 4.57. The molecule has 4 heteroatoms. The second kappa shape index (κ2) is 1.35. The zero-order valence-corrected chi connectivity index (χ0v) is 3.29. The van der Waals surface area contributed by atoms with Gasteiger partial charge in [-0.2, -0.15) is 0 Å². The van der Waals surface area contributed by atoms with Crippen LogP contribution in [0.25, 0.3) is 0 Å². The molecule has 0 amide bonds. The van der Waals surface area contributed by atoms with Gasteiger partial charge in [-0.15, -0.1) is 0 Å². The fourth-order valence-electron chi connectivity index (χ4n) is 0.139. The zero-order chi connectivity index (χ0) is 3.54. The van der Waals surface area contributed by atoms with E-state index < -0.39 is 0 Å². The number of nitrogens with one attached hydrogen (secondary N) is 1. The summed E-state index contributed by atoms with van der Waals surface area (Å²) < 4.78 is 7.31. The molecule has 0 fully saturated rings. The molecular weight excluding hydrogens is 84.9 g/mol. The summed E-state index contributed by atoms with van der Waals surface area (Å²) in [6.07, 6.45) is 1.59. The third kappa shape index (κ3) is 0.578. The van der Waals surface area contributed by atoms with E-state index in [1.165, 1.54) is 12.2 Å². The Labute approximate surface area is 35.2 Å². The van der Waals surface area contributed by atoms with E-state index in [9.17, 15) is 0 Å². The SMILES string of the molecule is B1=COSN1. The Morgan fingerprint density at radius 2 is 3.00 bits per heavy atom. The summed E-state index contributed by atoms with van der Waals surface area (Å²) in [5.41, 5.74) is 0. The predicted octanol–water partition coefficient (Wildman–Crippen LogP) is -0.452. The van der Waals surface area contributed by atoms with Crippen molar-refractivity contribution in [2.75, 3.05) is 0 Å². The van der Waals surface area contributed by atoms with E-state index in [-0.39, 0.29) is 0 Å². The van der Waals surface area contributed by atoms with Crippen LogP contribution in [-0.2, 0) is 4.18 Å². The minimum atomic E-state index is 1.21. The maximum absolute atomic E-state index is 4.57. The van der Waals surface area contributed by atoms with Gasteiger partial charge >= 0.3 is 34.3 Å². The molecule has 0 saturated carbocycles. The molecule has 0 saturated heterocycles. The predicted molar refractivity (Wildman–Crippen MR) is 23.6 cm³/mol. The minimum absolute atomic E-state index is 1.21. The van der Waals surface area contributed by atoms with Crippen molar-refractivity contribution in [3.8, 4) is 0 Å². The van der Waals surface area contributed by atoms with Crippen molar-refractivity contribution in [1.82, 2.24) is 4.63 Å². The fraction of sp³-hybridized carbons (Fsp3) is 0. The van der Waals surface area contributed by atoms with E-state index in [0.29, 0.717) is 0 Å². The van der Waals surface area contributed by atoms with Crippen LogP contribution >= 0.6 is 12.2 Å². The van der Waals surface area contributed by atoms with E-state index in [4.69, 9.17) is 0 Å². The number of hydrogen-bond donors (Lipinski definition) is 1. The summed E-state index contributed by atoms with van der Waals surface area (Å²) in [5.74, 6) is 0. The van der Waals surface area contributed by atoms with E-state index >= 15 is 0 Å². The first-order valence-electron chi connectivity index (χ1n) is 1.23. The average Bonchev–Trinajstić information content (AvgIpc) is 1.76. The summed E-state index contributed by atoms with van der Waals surface area (Å²) in [4.78, 5) is 0. The molecule has 5 heavy (non-hydrogen) atoms. The van der Waals surface area contributed by atoms with Gasteiger partial charge in [0.2, 0.25) is 0 Å². The van der Waals surface area contributed by atoms with Crippen molar-refractivity contribution >= 4 is 25.4 Å². The number of rotatable bonds is 0. The molecule has 0 aromatic rings. The van der Waals surface area contributed by atoms with Gasteiger partial charge in [0.1, 0.15) is 0 Å². The Bertz CT molecular complexity index is 49.6. The van der Waals surface area contributed by atoms with Gasteiger partial charge in [-0.3, -0.25) is 0 Å². The van der Waals surface area contributed by atoms with Gasteiger partial charge in [-0.25, -0.2) is 0 Å². The van der Waals surface area contributed by atoms with E-state index in [2.05, 4.69) is 8.82 Å². The Morgan fingerprint density at radius 3 is 3.20 bits per heavy atom. The van der Waals surface area contributed by atoms with Crippen LogP contribution in [0.1, 0.15) is 0 Å². The second-order valence-electron chi connectivity index (χ2n) is 0.600. The molecule has 1 heterocycles. The summed E-state index contributed by atoms with van der Waals surface area (Å²) in [6, 6.07) is 0. The summed E-state index contributed by atoms with van der Waals surface area (Å²) in [6.45, 7) is 0. The topological polar surface area (TPSA) is 21.3 Å². The van der Waals surface area contributed by atoms with Crippen LogP contribution in [-0.4, -0.2) is 13.2 Å². The standard InChI is InChI=1S/CH2BNOS/c1-2-3-5-4-1/h1,3H. The van der Waals surface area contributed by atoms with Crippen molar-refractivity contribution < 1.29 is 4.18 Å². The van der Waals surface area contributed by atoms with Crippen LogP contribution in [0.3, 0.4) is 0 Å². The first-order valence-corrected chi connectivity index (χ1v) is 1.97. The molecule has 0 aliphatic carbocycles. The first kappa shape index (κ1) is 3.09. The van der Waals surface area contributed by atoms with Crippen LogP contribution < -0.4 is 4.63 Å². The van der Waals surface area contributed by atoms with Crippen molar-refractivity contribution in [1.29, 1.82) is 0 Å². The molecular formula is CH2BNOS. The third-order valence-electron chi connectivity index (χ3n) is 0.288. The Morgan fingerprint density at radius 1 is 2.00 bits per heavy atom.